The summed E-state index contributed by atoms with van der Waals surface area (Å²) in [6, 6.07) is 8.43. The molecule has 51 heavy (non-hydrogen) atoms. The third kappa shape index (κ3) is 6.11. The van der Waals surface area contributed by atoms with Gasteiger partial charge in [0.25, 0.3) is 18.3 Å². The number of hydrogen-bond donors (Lipinski definition) is 0. The normalized spacial score (nSPS) is 20.4. The Kier molecular flexibility index (Phi) is 10.7. The van der Waals surface area contributed by atoms with Gasteiger partial charge in [0.15, 0.2) is 4.90 Å². The summed E-state index contributed by atoms with van der Waals surface area (Å²) in [5.41, 5.74) is 1.63. The summed E-state index contributed by atoms with van der Waals surface area (Å²) >= 11 is 0. The summed E-state index contributed by atoms with van der Waals surface area (Å²) in [6.07, 6.45) is -0.915. The topological polar surface area (TPSA) is 147 Å². The molecule has 1 fully saturated rings. The standard InChI is InChI=1S/C36H48N2O11SSi/c1-20(2)51(21(3)4,22(5)6)49-27-19-25(35(40)47-10)31(34(39)37-15-16-48-36(37)41)32-30(27)24-13-11-12-14-26(24)38(32)50(42,43)33-28(45-8)17-23(44-7)18-29(33)46-9/h11-14,17-18,20-22,25,31-32H,15-16,19H2,1-10H3/t25-,31+,32+/m0/s1. The van der Waals surface area contributed by atoms with Crippen molar-refractivity contribution in [2.24, 2.45) is 11.8 Å². The highest BCUT2D eigenvalue weighted by atomic mass is 32.2. The minimum atomic E-state index is -4.70. The average Bonchev–Trinajstić information content (AvgIpc) is 3.69. The van der Waals surface area contributed by atoms with Crippen LogP contribution in [0.25, 0.3) is 5.57 Å². The van der Waals surface area contributed by atoms with Gasteiger partial charge in [-0.05, 0) is 22.7 Å². The summed E-state index contributed by atoms with van der Waals surface area (Å²) < 4.78 is 66.2. The second-order valence-electron chi connectivity index (χ2n) is 13.8. The van der Waals surface area contributed by atoms with Crippen LogP contribution in [0.15, 0.2) is 47.1 Å². The first kappa shape index (κ1) is 38.0. The molecule has 1 saturated heterocycles. The van der Waals surface area contributed by atoms with Crippen molar-refractivity contribution in [1.82, 2.24) is 4.90 Å². The van der Waals surface area contributed by atoms with E-state index < -0.39 is 54.2 Å². The summed E-state index contributed by atoms with van der Waals surface area (Å²) in [6.45, 7) is 12.7. The number of amides is 2. The number of hydrogen-bond acceptors (Lipinski definition) is 11. The molecule has 5 rings (SSSR count). The predicted molar refractivity (Wildman–Crippen MR) is 192 cm³/mol. The molecule has 278 valence electrons. The van der Waals surface area contributed by atoms with E-state index in [0.29, 0.717) is 22.6 Å². The maximum atomic E-state index is 15.4. The van der Waals surface area contributed by atoms with Gasteiger partial charge in [0, 0.05) is 29.7 Å². The number of anilines is 1. The van der Waals surface area contributed by atoms with Crippen LogP contribution in [0.4, 0.5) is 10.5 Å². The molecule has 13 nitrogen and oxygen atoms in total. The Balaban J connectivity index is 1.89. The van der Waals surface area contributed by atoms with Gasteiger partial charge in [0.1, 0.15) is 23.9 Å². The minimum Gasteiger partial charge on any atom is -0.545 e. The van der Waals surface area contributed by atoms with Crippen LogP contribution in [0.1, 0.15) is 53.5 Å². The fraction of sp³-hybridized carbons (Fsp3) is 0.528. The van der Waals surface area contributed by atoms with Crippen molar-refractivity contribution in [2.45, 2.75) is 75.5 Å². The van der Waals surface area contributed by atoms with Crippen LogP contribution in [-0.2, 0) is 33.5 Å². The first-order valence-electron chi connectivity index (χ1n) is 17.0. The fourth-order valence-electron chi connectivity index (χ4n) is 8.35. The second kappa shape index (κ2) is 14.4. The molecular formula is C36H48N2O11SSi. The number of cyclic esters (lactones) is 1. The zero-order valence-electron chi connectivity index (χ0n) is 30.8. The number of carbonyl (C=O) groups is 3. The van der Waals surface area contributed by atoms with Crippen LogP contribution in [0, 0.1) is 11.8 Å². The minimum absolute atomic E-state index is 0.0321. The van der Waals surface area contributed by atoms with Gasteiger partial charge in [-0.15, -0.1) is 0 Å². The van der Waals surface area contributed by atoms with Crippen LogP contribution >= 0.6 is 0 Å². The van der Waals surface area contributed by atoms with E-state index in [2.05, 4.69) is 41.5 Å². The largest absolute Gasteiger partial charge is 0.545 e. The van der Waals surface area contributed by atoms with Crippen molar-refractivity contribution < 1.29 is 50.9 Å². The molecule has 2 aromatic carbocycles. The van der Waals surface area contributed by atoms with Crippen molar-refractivity contribution in [3.63, 3.8) is 0 Å². The number of sulfonamides is 1. The zero-order valence-corrected chi connectivity index (χ0v) is 32.7. The van der Waals surface area contributed by atoms with Gasteiger partial charge in [0.2, 0.25) is 5.91 Å². The molecule has 2 aromatic rings. The number of ether oxygens (including phenoxy) is 5. The summed E-state index contributed by atoms with van der Waals surface area (Å²) in [5, 5.41) is 0. The van der Waals surface area contributed by atoms with Crippen molar-refractivity contribution in [3.05, 3.63) is 47.7 Å². The van der Waals surface area contributed by atoms with Gasteiger partial charge >= 0.3 is 12.1 Å². The average molecular weight is 745 g/mol. The van der Waals surface area contributed by atoms with E-state index in [1.165, 1.54) is 40.6 Å². The molecule has 0 bridgehead atoms. The Bertz CT molecular complexity index is 1790. The number of para-hydroxylation sites is 1. The lowest BCUT2D eigenvalue weighted by atomic mass is 9.74. The number of methoxy groups -OCH3 is 4. The Morgan fingerprint density at radius 2 is 1.49 bits per heavy atom. The quantitative estimate of drug-likeness (QED) is 0.187. The lowest BCUT2D eigenvalue weighted by Crippen LogP contribution is -2.56. The van der Waals surface area contributed by atoms with E-state index >= 15 is 8.42 Å². The van der Waals surface area contributed by atoms with Crippen LogP contribution in [0.5, 0.6) is 17.2 Å². The number of esters is 1. The van der Waals surface area contributed by atoms with Gasteiger partial charge < -0.3 is 28.1 Å². The molecule has 0 saturated carbocycles. The molecule has 15 heteroatoms. The van der Waals surface area contributed by atoms with Crippen molar-refractivity contribution in [2.75, 3.05) is 45.9 Å². The zero-order chi connectivity index (χ0) is 37.6. The molecule has 2 heterocycles. The van der Waals surface area contributed by atoms with Crippen LogP contribution in [0.2, 0.25) is 16.6 Å². The first-order chi connectivity index (χ1) is 24.1. The molecule has 0 N–H and O–H groups in total. The number of nitrogens with zero attached hydrogens (tertiary/aromatic N) is 2. The molecule has 3 atom stereocenters. The number of carbonyl (C=O) groups excluding carboxylic acids is 3. The van der Waals surface area contributed by atoms with E-state index in [4.69, 9.17) is 28.1 Å². The molecule has 0 spiro atoms. The maximum Gasteiger partial charge on any atom is 0.416 e. The van der Waals surface area contributed by atoms with Crippen molar-refractivity contribution >= 4 is 47.6 Å². The van der Waals surface area contributed by atoms with E-state index in [9.17, 15) is 14.4 Å². The Hall–Kier alpha value is -4.24. The summed E-state index contributed by atoms with van der Waals surface area (Å²) in [5.74, 6) is -3.51. The smallest absolute Gasteiger partial charge is 0.416 e. The number of rotatable bonds is 12. The lowest BCUT2D eigenvalue weighted by Gasteiger charge is -2.46. The van der Waals surface area contributed by atoms with Gasteiger partial charge in [-0.25, -0.2) is 18.1 Å². The molecular weight excluding hydrogens is 697 g/mol. The molecule has 1 aliphatic carbocycles. The van der Waals surface area contributed by atoms with E-state index in [0.717, 1.165) is 9.21 Å². The summed E-state index contributed by atoms with van der Waals surface area (Å²) in [4.78, 5) is 42.0. The first-order valence-corrected chi connectivity index (χ1v) is 20.6. The van der Waals surface area contributed by atoms with Gasteiger partial charge in [-0.3, -0.25) is 13.9 Å². The Labute approximate surface area is 300 Å². The summed E-state index contributed by atoms with van der Waals surface area (Å²) in [7, 11) is -2.12. The Morgan fingerprint density at radius 3 is 1.98 bits per heavy atom. The van der Waals surface area contributed by atoms with Crippen LogP contribution < -0.4 is 18.5 Å². The Morgan fingerprint density at radius 1 is 0.902 bits per heavy atom. The molecule has 0 radical (unpaired) electrons. The molecule has 3 aliphatic rings. The number of imide groups is 1. The third-order valence-electron chi connectivity index (χ3n) is 10.5. The maximum absolute atomic E-state index is 15.4. The number of benzene rings is 2. The van der Waals surface area contributed by atoms with Gasteiger partial charge in [-0.2, -0.15) is 0 Å². The lowest BCUT2D eigenvalue weighted by molar-refractivity contribution is -0.152. The molecule has 2 amide bonds. The van der Waals surface area contributed by atoms with E-state index in [1.54, 1.807) is 24.3 Å². The van der Waals surface area contributed by atoms with Crippen molar-refractivity contribution in [3.8, 4) is 17.2 Å². The second-order valence-corrected chi connectivity index (χ2v) is 21.0. The number of fused-ring (bicyclic) bond motifs is 3. The highest BCUT2D eigenvalue weighted by Crippen LogP contribution is 2.57. The number of allylic oxidation sites excluding steroid dienone is 1. The highest BCUT2D eigenvalue weighted by molar-refractivity contribution is 7.93. The molecule has 2 aliphatic heterocycles. The molecule has 0 unspecified atom stereocenters. The van der Waals surface area contributed by atoms with Gasteiger partial charge in [0.05, 0.1) is 64.3 Å². The van der Waals surface area contributed by atoms with Crippen molar-refractivity contribution in [1.29, 1.82) is 0 Å². The predicted octanol–water partition coefficient (Wildman–Crippen LogP) is 5.98. The SMILES string of the molecule is COC(=O)[C@H]1CC(O[Si](C(C)C)(C(C)C)C(C)C)=C2c3ccccc3N(S(=O)(=O)c3c(OC)cc(OC)cc3OC)[C@H]2[C@@H]1C(=O)N1CCOC1=O. The van der Waals surface area contributed by atoms with Crippen LogP contribution in [-0.4, -0.2) is 87.2 Å². The highest BCUT2D eigenvalue weighted by Gasteiger charge is 2.59. The van der Waals surface area contributed by atoms with Crippen LogP contribution in [0.3, 0.4) is 0 Å². The molecule has 0 aromatic heterocycles. The van der Waals surface area contributed by atoms with Gasteiger partial charge in [-0.1, -0.05) is 59.7 Å². The van der Waals surface area contributed by atoms with E-state index in [1.807, 2.05) is 0 Å². The third-order valence-corrected chi connectivity index (χ3v) is 18.3. The fourth-order valence-corrected chi connectivity index (χ4v) is 15.6. The monoisotopic (exact) mass is 744 g/mol. The van der Waals surface area contributed by atoms with E-state index in [-0.39, 0.29) is 58.3 Å².